The lowest BCUT2D eigenvalue weighted by atomic mass is 9.96. The summed E-state index contributed by atoms with van der Waals surface area (Å²) >= 11 is 0. The second-order valence-electron chi connectivity index (χ2n) is 10.5. The van der Waals surface area contributed by atoms with Crippen LogP contribution in [0, 0.1) is 17.6 Å². The van der Waals surface area contributed by atoms with Crippen LogP contribution in [0.15, 0.2) is 59.5 Å². The molecule has 0 aliphatic heterocycles. The molecule has 2 aromatic carbocycles. The Kier molecular flexibility index (Phi) is 8.84. The van der Waals surface area contributed by atoms with Crippen LogP contribution in [0.25, 0.3) is 22.2 Å². The average Bonchev–Trinajstić information content (AvgIpc) is 3.26. The van der Waals surface area contributed by atoms with Crippen LogP contribution < -0.4 is 16.2 Å². The molecule has 3 N–H and O–H groups in total. The number of carbonyl (C=O) groups excluding carboxylic acids is 2. The second kappa shape index (κ2) is 12.3. The minimum atomic E-state index is -1.49. The summed E-state index contributed by atoms with van der Waals surface area (Å²) in [6.45, 7) is 3.61. The fourth-order valence-electron chi connectivity index (χ4n) is 4.88. The second-order valence-corrected chi connectivity index (χ2v) is 10.5. The molecule has 0 aliphatic rings. The highest BCUT2D eigenvalue weighted by Gasteiger charge is 2.30. The number of pyridine rings is 1. The van der Waals surface area contributed by atoms with Gasteiger partial charge in [0.25, 0.3) is 11.5 Å². The first-order chi connectivity index (χ1) is 19.9. The van der Waals surface area contributed by atoms with Crippen molar-refractivity contribution in [2.24, 2.45) is 20.0 Å². The highest BCUT2D eigenvalue weighted by atomic mass is 19.2. The smallest absolute Gasteiger partial charge is 0.305 e. The molecule has 12 heteroatoms. The van der Waals surface area contributed by atoms with E-state index in [4.69, 9.17) is 0 Å². The molecule has 0 aliphatic carbocycles. The van der Waals surface area contributed by atoms with Crippen molar-refractivity contribution in [2.75, 3.05) is 0 Å². The zero-order valence-corrected chi connectivity index (χ0v) is 23.5. The third-order valence-corrected chi connectivity index (χ3v) is 6.84. The van der Waals surface area contributed by atoms with Crippen molar-refractivity contribution >= 4 is 28.7 Å². The van der Waals surface area contributed by atoms with Gasteiger partial charge in [-0.3, -0.25) is 23.9 Å². The van der Waals surface area contributed by atoms with E-state index in [2.05, 4.69) is 15.7 Å². The molecule has 220 valence electrons. The number of carboxylic acids is 1. The highest BCUT2D eigenvalue weighted by molar-refractivity contribution is 5.97. The summed E-state index contributed by atoms with van der Waals surface area (Å²) in [4.78, 5) is 50.6. The number of hydrogen-bond donors (Lipinski definition) is 3. The van der Waals surface area contributed by atoms with E-state index in [0.717, 1.165) is 6.07 Å². The van der Waals surface area contributed by atoms with E-state index in [9.17, 15) is 24.3 Å². The number of carboxylic acid groups (broad SMARTS) is 1. The lowest BCUT2D eigenvalue weighted by molar-refractivity contribution is -0.137. The number of fused-ring (bicyclic) bond motifs is 1. The molecule has 4 aromatic rings. The number of carbonyl (C=O) groups is 3. The van der Waals surface area contributed by atoms with E-state index in [1.807, 2.05) is 0 Å². The Hall–Kier alpha value is -4.87. The number of benzene rings is 2. The van der Waals surface area contributed by atoms with Gasteiger partial charge in [-0.25, -0.2) is 8.78 Å². The summed E-state index contributed by atoms with van der Waals surface area (Å²) < 4.78 is 33.0. The number of halogens is 2. The van der Waals surface area contributed by atoms with Gasteiger partial charge in [-0.2, -0.15) is 5.10 Å². The quantitative estimate of drug-likeness (QED) is 0.262. The zero-order valence-electron chi connectivity index (χ0n) is 23.5. The molecule has 1 unspecified atom stereocenters. The standard InChI is InChI=1S/C30H31F2N5O5/c1-16(2)12-24(34-28(40)19-9-7-11-36(3)30(19)42)29(41)33-23(15-25(38)39)20-13-17(14-21(31)26(20)32)27-18-8-5-6-10-22(18)35-37(27)4/h5-11,13-14,16,23-24H,12,15H2,1-4H3,(H,33,41)(H,34,40)(H,38,39)/t23?,24-/m0/s1. The summed E-state index contributed by atoms with van der Waals surface area (Å²) in [6.07, 6.45) is 0.839. The third-order valence-electron chi connectivity index (χ3n) is 6.84. The highest BCUT2D eigenvalue weighted by Crippen LogP contribution is 2.33. The summed E-state index contributed by atoms with van der Waals surface area (Å²) in [5, 5.41) is 19.7. The van der Waals surface area contributed by atoms with Crippen LogP contribution in [-0.2, 0) is 23.7 Å². The van der Waals surface area contributed by atoms with Gasteiger partial charge in [0.05, 0.1) is 23.7 Å². The molecule has 0 saturated carbocycles. The molecule has 2 amide bonds. The normalized spacial score (nSPS) is 12.7. The van der Waals surface area contributed by atoms with Crippen LogP contribution in [-0.4, -0.2) is 43.3 Å². The van der Waals surface area contributed by atoms with Crippen LogP contribution >= 0.6 is 0 Å². The van der Waals surface area contributed by atoms with Crippen molar-refractivity contribution in [1.82, 2.24) is 25.0 Å². The largest absolute Gasteiger partial charge is 0.481 e. The Labute approximate surface area is 240 Å². The van der Waals surface area contributed by atoms with Crippen LogP contribution in [0.3, 0.4) is 0 Å². The van der Waals surface area contributed by atoms with Gasteiger partial charge in [-0.1, -0.05) is 32.0 Å². The SMILES string of the molecule is CC(C)C[C@H](NC(=O)c1cccn(C)c1=O)C(=O)NC(CC(=O)O)c1cc(-c2c3ccccc3nn2C)cc(F)c1F. The first-order valence-corrected chi connectivity index (χ1v) is 13.3. The van der Waals surface area contributed by atoms with Gasteiger partial charge in [-0.15, -0.1) is 0 Å². The Bertz CT molecular complexity index is 1730. The van der Waals surface area contributed by atoms with E-state index in [1.54, 1.807) is 45.2 Å². The molecule has 0 fully saturated rings. The van der Waals surface area contributed by atoms with Gasteiger partial charge in [-0.05, 0) is 42.7 Å². The fourth-order valence-corrected chi connectivity index (χ4v) is 4.88. The number of amides is 2. The average molecular weight is 580 g/mol. The molecule has 2 atom stereocenters. The molecular weight excluding hydrogens is 548 g/mol. The molecule has 2 heterocycles. The number of hydrogen-bond acceptors (Lipinski definition) is 5. The van der Waals surface area contributed by atoms with Crippen molar-refractivity contribution in [3.8, 4) is 11.3 Å². The van der Waals surface area contributed by atoms with Crippen LogP contribution in [0.2, 0.25) is 0 Å². The van der Waals surface area contributed by atoms with E-state index < -0.39 is 53.5 Å². The van der Waals surface area contributed by atoms with Crippen LogP contribution in [0.4, 0.5) is 8.78 Å². The van der Waals surface area contributed by atoms with Crippen LogP contribution in [0.1, 0.15) is 48.7 Å². The monoisotopic (exact) mass is 579 g/mol. The summed E-state index contributed by atoms with van der Waals surface area (Å²) in [5.74, 6) is -5.62. The number of nitrogens with one attached hydrogen (secondary N) is 2. The number of aromatic nitrogens is 3. The maximum atomic E-state index is 15.3. The lowest BCUT2D eigenvalue weighted by Crippen LogP contribution is -2.49. The Balaban J connectivity index is 1.71. The van der Waals surface area contributed by atoms with E-state index >= 15 is 8.78 Å². The summed E-state index contributed by atoms with van der Waals surface area (Å²) in [7, 11) is 3.12. The van der Waals surface area contributed by atoms with E-state index in [0.29, 0.717) is 16.6 Å². The predicted molar refractivity (Wildman–Crippen MR) is 152 cm³/mol. The molecule has 2 aromatic heterocycles. The van der Waals surface area contributed by atoms with Gasteiger partial charge < -0.3 is 20.3 Å². The molecule has 0 bridgehead atoms. The molecule has 42 heavy (non-hydrogen) atoms. The molecular formula is C30H31F2N5O5. The molecule has 0 saturated heterocycles. The molecule has 0 radical (unpaired) electrons. The summed E-state index contributed by atoms with van der Waals surface area (Å²) in [5.41, 5.74) is 0.194. The Morgan fingerprint density at radius 1 is 1.02 bits per heavy atom. The van der Waals surface area contributed by atoms with Crippen LogP contribution in [0.5, 0.6) is 0 Å². The predicted octanol–water partition coefficient (Wildman–Crippen LogP) is 3.69. The minimum absolute atomic E-state index is 0.104. The van der Waals surface area contributed by atoms with Gasteiger partial charge >= 0.3 is 5.97 Å². The maximum absolute atomic E-state index is 15.3. The number of rotatable bonds is 10. The molecule has 10 nitrogen and oxygen atoms in total. The maximum Gasteiger partial charge on any atom is 0.305 e. The number of aliphatic carboxylic acids is 1. The Morgan fingerprint density at radius 3 is 2.43 bits per heavy atom. The lowest BCUT2D eigenvalue weighted by Gasteiger charge is -2.25. The first-order valence-electron chi connectivity index (χ1n) is 13.3. The minimum Gasteiger partial charge on any atom is -0.481 e. The fraction of sp³-hybridized carbons (Fsp3) is 0.300. The van der Waals surface area contributed by atoms with Crippen molar-refractivity contribution < 1.29 is 28.3 Å². The Morgan fingerprint density at radius 2 is 1.74 bits per heavy atom. The molecule has 0 spiro atoms. The third kappa shape index (κ3) is 6.37. The van der Waals surface area contributed by atoms with Gasteiger partial charge in [0, 0.05) is 36.8 Å². The van der Waals surface area contributed by atoms with Gasteiger partial charge in [0.2, 0.25) is 5.91 Å². The van der Waals surface area contributed by atoms with Crippen molar-refractivity contribution in [3.05, 3.63) is 87.8 Å². The summed E-state index contributed by atoms with van der Waals surface area (Å²) in [6, 6.07) is 9.52. The number of aryl methyl sites for hydroxylation is 2. The van der Waals surface area contributed by atoms with Crippen molar-refractivity contribution in [3.63, 3.8) is 0 Å². The van der Waals surface area contributed by atoms with Crippen molar-refractivity contribution in [1.29, 1.82) is 0 Å². The topological polar surface area (TPSA) is 135 Å². The van der Waals surface area contributed by atoms with E-state index in [-0.39, 0.29) is 29.0 Å². The number of nitrogens with zero attached hydrogens (tertiary/aromatic N) is 3. The van der Waals surface area contributed by atoms with Crippen molar-refractivity contribution in [2.45, 2.75) is 38.8 Å². The van der Waals surface area contributed by atoms with Gasteiger partial charge in [0.15, 0.2) is 11.6 Å². The molecule has 4 rings (SSSR count). The zero-order chi connectivity index (χ0) is 30.7. The van der Waals surface area contributed by atoms with Gasteiger partial charge in [0.1, 0.15) is 11.6 Å². The first kappa shape index (κ1) is 30.1. The van der Waals surface area contributed by atoms with E-state index in [1.165, 1.54) is 40.7 Å².